The largest absolute Gasteiger partial charge is 0.493 e. The van der Waals surface area contributed by atoms with Crippen LogP contribution in [0.1, 0.15) is 30.2 Å². The number of nitrogens with one attached hydrogen (secondary N) is 2. The molecule has 1 heterocycles. The Labute approximate surface area is 185 Å². The van der Waals surface area contributed by atoms with Crippen LogP contribution < -0.4 is 15.4 Å². The third kappa shape index (κ3) is 8.88. The molecule has 154 valence electrons. The molecular formula is C21H31IN4O2. The van der Waals surface area contributed by atoms with E-state index >= 15 is 0 Å². The molecule has 0 atom stereocenters. The van der Waals surface area contributed by atoms with Crippen LogP contribution in [-0.4, -0.2) is 37.8 Å². The Hall–Kier alpha value is -1.87. The first kappa shape index (κ1) is 24.2. The summed E-state index contributed by atoms with van der Waals surface area (Å²) in [4.78, 5) is 9.02. The van der Waals surface area contributed by atoms with Crippen LogP contribution in [0.5, 0.6) is 5.75 Å². The molecule has 2 N–H and O–H groups in total. The van der Waals surface area contributed by atoms with Crippen molar-refractivity contribution >= 4 is 29.9 Å². The van der Waals surface area contributed by atoms with Gasteiger partial charge in [-0.05, 0) is 37.6 Å². The molecule has 28 heavy (non-hydrogen) atoms. The summed E-state index contributed by atoms with van der Waals surface area (Å²) in [6.45, 7) is 7.40. The highest BCUT2D eigenvalue weighted by Crippen LogP contribution is 2.21. The predicted octanol–water partition coefficient (Wildman–Crippen LogP) is 3.68. The number of aromatic nitrogens is 1. The van der Waals surface area contributed by atoms with E-state index in [2.05, 4.69) is 40.7 Å². The maximum Gasteiger partial charge on any atom is 0.191 e. The fraction of sp³-hybridized carbons (Fsp3) is 0.429. The van der Waals surface area contributed by atoms with Gasteiger partial charge in [0.2, 0.25) is 0 Å². The molecule has 1 aromatic carbocycles. The number of aliphatic imine (C=N–C) groups is 1. The molecule has 0 bridgehead atoms. The number of ether oxygens (including phenoxy) is 2. The minimum Gasteiger partial charge on any atom is -0.493 e. The van der Waals surface area contributed by atoms with Gasteiger partial charge in [-0.15, -0.1) is 24.0 Å². The standard InChI is InChI=1S/C21H30N4O2.HI/c1-4-22-21(25-16-19-8-5-6-11-23-19)24-15-18-10-9-17(2)14-20(18)27-13-7-12-26-3;/h5-6,8-11,14H,4,7,12-13,15-16H2,1-3H3,(H2,22,24,25);1H. The summed E-state index contributed by atoms with van der Waals surface area (Å²) in [7, 11) is 1.70. The van der Waals surface area contributed by atoms with Crippen molar-refractivity contribution in [2.75, 3.05) is 26.9 Å². The summed E-state index contributed by atoms with van der Waals surface area (Å²) in [6.07, 6.45) is 2.65. The second kappa shape index (κ2) is 14.2. The minimum absolute atomic E-state index is 0. The Morgan fingerprint density at radius 1 is 1.14 bits per heavy atom. The molecule has 0 radical (unpaired) electrons. The van der Waals surface area contributed by atoms with E-state index in [1.165, 1.54) is 5.56 Å². The van der Waals surface area contributed by atoms with Gasteiger partial charge in [0, 0.05) is 38.4 Å². The first-order valence-corrected chi connectivity index (χ1v) is 9.36. The lowest BCUT2D eigenvalue weighted by Crippen LogP contribution is -2.37. The second-order valence-electron chi connectivity index (χ2n) is 6.18. The Bertz CT molecular complexity index is 711. The smallest absolute Gasteiger partial charge is 0.191 e. The summed E-state index contributed by atoms with van der Waals surface area (Å²) in [5, 5.41) is 6.58. The molecule has 1 aromatic heterocycles. The maximum atomic E-state index is 5.94. The first-order chi connectivity index (χ1) is 13.2. The zero-order valence-electron chi connectivity index (χ0n) is 16.9. The molecule has 0 fully saturated rings. The van der Waals surface area contributed by atoms with Gasteiger partial charge in [0.1, 0.15) is 5.75 Å². The number of halogens is 1. The van der Waals surface area contributed by atoms with Crippen molar-refractivity contribution in [3.05, 3.63) is 59.4 Å². The van der Waals surface area contributed by atoms with Crippen LogP contribution in [0.2, 0.25) is 0 Å². The second-order valence-corrected chi connectivity index (χ2v) is 6.18. The van der Waals surface area contributed by atoms with E-state index in [4.69, 9.17) is 14.5 Å². The van der Waals surface area contributed by atoms with Crippen molar-refractivity contribution in [1.29, 1.82) is 0 Å². The number of hydrogen-bond donors (Lipinski definition) is 2. The number of pyridine rings is 1. The monoisotopic (exact) mass is 498 g/mol. The highest BCUT2D eigenvalue weighted by Gasteiger charge is 2.05. The Morgan fingerprint density at radius 3 is 2.71 bits per heavy atom. The van der Waals surface area contributed by atoms with Crippen LogP contribution in [0.25, 0.3) is 0 Å². The number of nitrogens with zero attached hydrogens (tertiary/aromatic N) is 2. The molecule has 0 aliphatic heterocycles. The fourth-order valence-corrected chi connectivity index (χ4v) is 2.50. The maximum absolute atomic E-state index is 5.94. The molecule has 0 unspecified atom stereocenters. The topological polar surface area (TPSA) is 67.8 Å². The first-order valence-electron chi connectivity index (χ1n) is 9.36. The third-order valence-corrected chi connectivity index (χ3v) is 3.89. The van der Waals surface area contributed by atoms with Gasteiger partial charge in [0.05, 0.1) is 25.4 Å². The fourth-order valence-electron chi connectivity index (χ4n) is 2.50. The van der Waals surface area contributed by atoms with Gasteiger partial charge < -0.3 is 20.1 Å². The summed E-state index contributed by atoms with van der Waals surface area (Å²) in [6, 6.07) is 12.1. The van der Waals surface area contributed by atoms with Crippen LogP contribution in [0.4, 0.5) is 0 Å². The van der Waals surface area contributed by atoms with E-state index in [9.17, 15) is 0 Å². The predicted molar refractivity (Wildman–Crippen MR) is 124 cm³/mol. The number of methoxy groups -OCH3 is 1. The van der Waals surface area contributed by atoms with Crippen LogP contribution >= 0.6 is 24.0 Å². The van der Waals surface area contributed by atoms with E-state index < -0.39 is 0 Å². The zero-order chi connectivity index (χ0) is 19.3. The van der Waals surface area contributed by atoms with Gasteiger partial charge >= 0.3 is 0 Å². The highest BCUT2D eigenvalue weighted by molar-refractivity contribution is 14.0. The molecule has 0 saturated carbocycles. The molecule has 0 spiro atoms. The van der Waals surface area contributed by atoms with Gasteiger partial charge in [-0.25, -0.2) is 4.99 Å². The van der Waals surface area contributed by atoms with Crippen molar-refractivity contribution in [2.45, 2.75) is 33.4 Å². The summed E-state index contributed by atoms with van der Waals surface area (Å²) in [5.74, 6) is 1.64. The number of guanidine groups is 1. The van der Waals surface area contributed by atoms with Crippen molar-refractivity contribution in [2.24, 2.45) is 4.99 Å². The van der Waals surface area contributed by atoms with E-state index in [1.54, 1.807) is 13.3 Å². The van der Waals surface area contributed by atoms with Gasteiger partial charge in [0.15, 0.2) is 5.96 Å². The van der Waals surface area contributed by atoms with Crippen molar-refractivity contribution in [3.8, 4) is 5.75 Å². The molecule has 0 amide bonds. The van der Waals surface area contributed by atoms with Crippen molar-refractivity contribution in [3.63, 3.8) is 0 Å². The van der Waals surface area contributed by atoms with Gasteiger partial charge in [0.25, 0.3) is 0 Å². The highest BCUT2D eigenvalue weighted by atomic mass is 127. The molecule has 0 aliphatic carbocycles. The lowest BCUT2D eigenvalue weighted by atomic mass is 10.1. The number of hydrogen-bond acceptors (Lipinski definition) is 4. The van der Waals surface area contributed by atoms with Crippen LogP contribution in [0.3, 0.4) is 0 Å². The molecule has 2 rings (SSSR count). The zero-order valence-corrected chi connectivity index (χ0v) is 19.2. The van der Waals surface area contributed by atoms with E-state index in [0.717, 1.165) is 35.9 Å². The number of rotatable bonds is 10. The van der Waals surface area contributed by atoms with Crippen LogP contribution in [-0.2, 0) is 17.8 Å². The van der Waals surface area contributed by atoms with Gasteiger partial charge in [-0.3, -0.25) is 4.98 Å². The van der Waals surface area contributed by atoms with Gasteiger partial charge in [-0.2, -0.15) is 0 Å². The van der Waals surface area contributed by atoms with E-state index in [-0.39, 0.29) is 24.0 Å². The Morgan fingerprint density at radius 2 is 2.00 bits per heavy atom. The quantitative estimate of drug-likeness (QED) is 0.227. The molecule has 0 saturated heterocycles. The molecule has 7 heteroatoms. The molecular weight excluding hydrogens is 467 g/mol. The summed E-state index contributed by atoms with van der Waals surface area (Å²) < 4.78 is 11.0. The van der Waals surface area contributed by atoms with Crippen molar-refractivity contribution in [1.82, 2.24) is 15.6 Å². The van der Waals surface area contributed by atoms with Crippen molar-refractivity contribution < 1.29 is 9.47 Å². The normalized spacial score (nSPS) is 10.9. The van der Waals surface area contributed by atoms with Crippen LogP contribution in [0.15, 0.2) is 47.6 Å². The number of aryl methyl sites for hydroxylation is 1. The summed E-state index contributed by atoms with van der Waals surface area (Å²) >= 11 is 0. The number of benzene rings is 1. The Balaban J connectivity index is 0.00000392. The molecule has 6 nitrogen and oxygen atoms in total. The lowest BCUT2D eigenvalue weighted by molar-refractivity contribution is 0.172. The lowest BCUT2D eigenvalue weighted by Gasteiger charge is -2.13. The minimum atomic E-state index is 0. The molecule has 0 aliphatic rings. The van der Waals surface area contributed by atoms with E-state index in [0.29, 0.717) is 26.3 Å². The van der Waals surface area contributed by atoms with E-state index in [1.807, 2.05) is 25.1 Å². The molecule has 2 aromatic rings. The van der Waals surface area contributed by atoms with Crippen LogP contribution in [0, 0.1) is 6.92 Å². The SMILES string of the molecule is CCNC(=NCc1ccc(C)cc1OCCCOC)NCc1ccccn1.I. The van der Waals surface area contributed by atoms with Gasteiger partial charge in [-0.1, -0.05) is 18.2 Å². The average Bonchev–Trinajstić information content (AvgIpc) is 2.69. The summed E-state index contributed by atoms with van der Waals surface area (Å²) in [5.41, 5.74) is 3.21. The average molecular weight is 498 g/mol. The third-order valence-electron chi connectivity index (χ3n) is 3.89. The Kier molecular flexibility index (Phi) is 12.2.